The molecule has 1 aromatic heterocycles. The number of hydrogen-bond acceptors (Lipinski definition) is 3. The number of likely N-dealkylation sites (N-methyl/N-ethyl adjacent to an activating group) is 1. The van der Waals surface area contributed by atoms with Crippen molar-refractivity contribution in [1.29, 1.82) is 0 Å². The predicted molar refractivity (Wildman–Crippen MR) is 56.1 cm³/mol. The Balaban J connectivity index is 2.15. The minimum Gasteiger partial charge on any atom is -0.368 e. The van der Waals surface area contributed by atoms with Crippen LogP contribution in [0.4, 0.5) is 0 Å². The number of nitrogens with two attached hydrogens (primary N) is 1. The molecule has 2 atom stereocenters. The van der Waals surface area contributed by atoms with E-state index in [1.54, 1.807) is 13.2 Å². The second-order valence-corrected chi connectivity index (χ2v) is 4.08. The van der Waals surface area contributed by atoms with Crippen LogP contribution in [-0.4, -0.2) is 28.3 Å². The molecule has 0 saturated heterocycles. The van der Waals surface area contributed by atoms with Crippen LogP contribution in [0.5, 0.6) is 0 Å². The Morgan fingerprint density at radius 2 is 2.53 bits per heavy atom. The van der Waals surface area contributed by atoms with Crippen molar-refractivity contribution in [2.75, 3.05) is 7.05 Å². The third kappa shape index (κ3) is 1.63. The standard InChI is InChI=1S/C10H16N4O/c1-12-10(9(11)15)4-3-8(7-10)14-6-2-5-13-14/h2,5-6,8,12H,3-4,7H2,1H3,(H2,11,15). The van der Waals surface area contributed by atoms with E-state index in [1.807, 2.05) is 16.9 Å². The molecule has 15 heavy (non-hydrogen) atoms. The summed E-state index contributed by atoms with van der Waals surface area (Å²) in [5.74, 6) is -0.264. The average Bonchev–Trinajstić information content (AvgIpc) is 2.87. The lowest BCUT2D eigenvalue weighted by Crippen LogP contribution is -2.52. The molecule has 2 unspecified atom stereocenters. The van der Waals surface area contributed by atoms with Crippen LogP contribution in [0.2, 0.25) is 0 Å². The first-order valence-electron chi connectivity index (χ1n) is 5.16. The van der Waals surface area contributed by atoms with Crippen molar-refractivity contribution < 1.29 is 4.79 Å². The summed E-state index contributed by atoms with van der Waals surface area (Å²) < 4.78 is 1.90. The first-order valence-corrected chi connectivity index (χ1v) is 5.16. The number of rotatable bonds is 3. The van der Waals surface area contributed by atoms with Crippen LogP contribution >= 0.6 is 0 Å². The Bertz CT molecular complexity index is 348. The number of carbonyl (C=O) groups is 1. The van der Waals surface area contributed by atoms with Gasteiger partial charge in [0.1, 0.15) is 0 Å². The summed E-state index contributed by atoms with van der Waals surface area (Å²) in [7, 11) is 1.79. The summed E-state index contributed by atoms with van der Waals surface area (Å²) >= 11 is 0. The first kappa shape index (κ1) is 10.2. The fraction of sp³-hybridized carbons (Fsp3) is 0.600. The van der Waals surface area contributed by atoms with Crippen molar-refractivity contribution in [3.8, 4) is 0 Å². The van der Waals surface area contributed by atoms with E-state index in [0.717, 1.165) is 19.3 Å². The van der Waals surface area contributed by atoms with Crippen molar-refractivity contribution in [3.63, 3.8) is 0 Å². The maximum absolute atomic E-state index is 11.4. The Kier molecular flexibility index (Phi) is 2.48. The average molecular weight is 208 g/mol. The van der Waals surface area contributed by atoms with Gasteiger partial charge in [-0.05, 0) is 32.4 Å². The lowest BCUT2D eigenvalue weighted by Gasteiger charge is -2.24. The molecule has 82 valence electrons. The highest BCUT2D eigenvalue weighted by molar-refractivity contribution is 5.85. The van der Waals surface area contributed by atoms with Gasteiger partial charge in [0.15, 0.2) is 0 Å². The second kappa shape index (κ2) is 3.66. The van der Waals surface area contributed by atoms with Crippen molar-refractivity contribution in [3.05, 3.63) is 18.5 Å². The molecule has 0 aliphatic heterocycles. The van der Waals surface area contributed by atoms with Gasteiger partial charge in [0, 0.05) is 12.4 Å². The zero-order chi connectivity index (χ0) is 10.9. The van der Waals surface area contributed by atoms with Crippen LogP contribution in [0.15, 0.2) is 18.5 Å². The van der Waals surface area contributed by atoms with Gasteiger partial charge in [0.05, 0.1) is 11.6 Å². The largest absolute Gasteiger partial charge is 0.368 e. The molecule has 1 aliphatic carbocycles. The van der Waals surface area contributed by atoms with Crippen LogP contribution in [0.25, 0.3) is 0 Å². The number of aromatic nitrogens is 2. The molecule has 0 bridgehead atoms. The highest BCUT2D eigenvalue weighted by atomic mass is 16.1. The van der Waals surface area contributed by atoms with Crippen LogP contribution in [0.3, 0.4) is 0 Å². The Labute approximate surface area is 88.6 Å². The summed E-state index contributed by atoms with van der Waals surface area (Å²) in [5.41, 5.74) is 4.88. The molecule has 1 saturated carbocycles. The number of primary amides is 1. The summed E-state index contributed by atoms with van der Waals surface area (Å²) in [5, 5.41) is 7.25. The smallest absolute Gasteiger partial charge is 0.237 e. The maximum atomic E-state index is 11.4. The van der Waals surface area contributed by atoms with E-state index >= 15 is 0 Å². The molecule has 1 heterocycles. The Hall–Kier alpha value is -1.36. The van der Waals surface area contributed by atoms with Crippen LogP contribution in [-0.2, 0) is 4.79 Å². The van der Waals surface area contributed by atoms with E-state index in [1.165, 1.54) is 0 Å². The van der Waals surface area contributed by atoms with Crippen molar-refractivity contribution in [2.45, 2.75) is 30.8 Å². The predicted octanol–water partition coefficient (Wildman–Crippen LogP) is 0.0516. The van der Waals surface area contributed by atoms with E-state index < -0.39 is 5.54 Å². The third-order valence-electron chi connectivity index (χ3n) is 3.34. The molecule has 3 N–H and O–H groups in total. The molecule has 5 nitrogen and oxygen atoms in total. The second-order valence-electron chi connectivity index (χ2n) is 4.08. The van der Waals surface area contributed by atoms with E-state index in [4.69, 9.17) is 5.73 Å². The topological polar surface area (TPSA) is 72.9 Å². The fourth-order valence-corrected chi connectivity index (χ4v) is 2.32. The minimum absolute atomic E-state index is 0.264. The molecule has 1 aliphatic rings. The van der Waals surface area contributed by atoms with Crippen molar-refractivity contribution >= 4 is 5.91 Å². The monoisotopic (exact) mass is 208 g/mol. The Morgan fingerprint density at radius 3 is 3.00 bits per heavy atom. The molecule has 1 aromatic rings. The van der Waals surface area contributed by atoms with E-state index in [-0.39, 0.29) is 11.9 Å². The van der Waals surface area contributed by atoms with Gasteiger partial charge in [-0.2, -0.15) is 5.10 Å². The molecule has 0 radical (unpaired) electrons. The molecule has 2 rings (SSSR count). The SMILES string of the molecule is CNC1(C(N)=O)CCC(n2cccn2)C1. The Morgan fingerprint density at radius 1 is 1.73 bits per heavy atom. The highest BCUT2D eigenvalue weighted by Gasteiger charge is 2.43. The van der Waals surface area contributed by atoms with E-state index in [0.29, 0.717) is 0 Å². The van der Waals surface area contributed by atoms with Crippen LogP contribution < -0.4 is 11.1 Å². The molecule has 0 aromatic carbocycles. The lowest BCUT2D eigenvalue weighted by molar-refractivity contribution is -0.124. The number of nitrogens with zero attached hydrogens (tertiary/aromatic N) is 2. The van der Waals surface area contributed by atoms with Gasteiger partial charge in [-0.15, -0.1) is 0 Å². The van der Waals surface area contributed by atoms with Gasteiger partial charge in [-0.1, -0.05) is 0 Å². The number of hydrogen-bond donors (Lipinski definition) is 2. The van der Waals surface area contributed by atoms with Gasteiger partial charge in [0.2, 0.25) is 5.91 Å². The van der Waals surface area contributed by atoms with Crippen LogP contribution in [0, 0.1) is 0 Å². The van der Waals surface area contributed by atoms with Crippen molar-refractivity contribution in [1.82, 2.24) is 15.1 Å². The van der Waals surface area contributed by atoms with Crippen LogP contribution in [0.1, 0.15) is 25.3 Å². The van der Waals surface area contributed by atoms with E-state index in [9.17, 15) is 4.79 Å². The third-order valence-corrected chi connectivity index (χ3v) is 3.34. The van der Waals surface area contributed by atoms with Gasteiger partial charge in [0.25, 0.3) is 0 Å². The van der Waals surface area contributed by atoms with Crippen molar-refractivity contribution in [2.24, 2.45) is 5.73 Å². The fourth-order valence-electron chi connectivity index (χ4n) is 2.32. The quantitative estimate of drug-likeness (QED) is 0.737. The molecule has 5 heteroatoms. The van der Waals surface area contributed by atoms with Gasteiger partial charge >= 0.3 is 0 Å². The normalized spacial score (nSPS) is 30.6. The zero-order valence-corrected chi connectivity index (χ0v) is 8.81. The summed E-state index contributed by atoms with van der Waals surface area (Å²) in [6.07, 6.45) is 6.12. The van der Waals surface area contributed by atoms with Gasteiger partial charge in [-0.3, -0.25) is 9.48 Å². The molecule has 1 amide bonds. The summed E-state index contributed by atoms with van der Waals surface area (Å²) in [6, 6.07) is 2.17. The minimum atomic E-state index is -0.545. The summed E-state index contributed by atoms with van der Waals surface area (Å²) in [4.78, 5) is 11.4. The zero-order valence-electron chi connectivity index (χ0n) is 8.81. The highest BCUT2D eigenvalue weighted by Crippen LogP contribution is 2.36. The number of amides is 1. The van der Waals surface area contributed by atoms with Gasteiger partial charge in [-0.25, -0.2) is 0 Å². The number of carbonyl (C=O) groups excluding carboxylic acids is 1. The molecular weight excluding hydrogens is 192 g/mol. The lowest BCUT2D eigenvalue weighted by atomic mass is 9.97. The molecular formula is C10H16N4O. The maximum Gasteiger partial charge on any atom is 0.237 e. The van der Waals surface area contributed by atoms with E-state index in [2.05, 4.69) is 10.4 Å². The number of nitrogens with one attached hydrogen (secondary N) is 1. The molecule has 0 spiro atoms. The summed E-state index contributed by atoms with van der Waals surface area (Å²) in [6.45, 7) is 0. The van der Waals surface area contributed by atoms with Gasteiger partial charge < -0.3 is 11.1 Å². The first-order chi connectivity index (χ1) is 7.18. The molecule has 1 fully saturated rings.